The first kappa shape index (κ1) is 69.6. The van der Waals surface area contributed by atoms with Gasteiger partial charge in [-0.25, -0.2) is 14.2 Å². The summed E-state index contributed by atoms with van der Waals surface area (Å²) in [4.78, 5) is 29.5. The highest BCUT2D eigenvalue weighted by molar-refractivity contribution is 6.01. The molecule has 11 rings (SSSR count). The predicted octanol–water partition coefficient (Wildman–Crippen LogP) is 20.4. The number of carbonyl (C=O) groups excluding carboxylic acids is 2. The Morgan fingerprint density at radius 3 is 1.47 bits per heavy atom. The zero-order valence-electron chi connectivity index (χ0n) is 59.4. The van der Waals surface area contributed by atoms with Crippen LogP contribution in [0.25, 0.3) is 39.8 Å². The Balaban J connectivity index is 0.773. The van der Waals surface area contributed by atoms with Gasteiger partial charge in [0, 0.05) is 45.5 Å². The number of benzene rings is 6. The van der Waals surface area contributed by atoms with E-state index < -0.39 is 0 Å². The lowest BCUT2D eigenvalue weighted by Crippen LogP contribution is -2.44. The minimum absolute atomic E-state index is 0.0213. The van der Waals surface area contributed by atoms with E-state index in [9.17, 15) is 9.59 Å². The molecule has 1 fully saturated rings. The Kier molecular flexibility index (Phi) is 24.9. The number of carbonyl (C=O) groups is 2. The summed E-state index contributed by atoms with van der Waals surface area (Å²) in [6.07, 6.45) is 49.6. The zero-order chi connectivity index (χ0) is 66.0. The highest BCUT2D eigenvalue weighted by Gasteiger charge is 2.53. The van der Waals surface area contributed by atoms with Crippen LogP contribution in [0.4, 0.5) is 5.69 Å². The molecule has 95 heavy (non-hydrogen) atoms. The first-order valence-electron chi connectivity index (χ1n) is 38.3. The fourth-order valence-electron chi connectivity index (χ4n) is 16.6. The van der Waals surface area contributed by atoms with Crippen LogP contribution in [0, 0.1) is 11.3 Å². The molecule has 2 aliphatic carbocycles. The first-order valence-corrected chi connectivity index (χ1v) is 38.3. The van der Waals surface area contributed by atoms with Crippen LogP contribution in [-0.2, 0) is 21.4 Å². The molecule has 506 valence electrons. The summed E-state index contributed by atoms with van der Waals surface area (Å²) in [5, 5.41) is 9.67. The molecular formula is C88H115N2O5+. The van der Waals surface area contributed by atoms with Crippen molar-refractivity contribution >= 4 is 57.4 Å². The predicted molar refractivity (Wildman–Crippen MR) is 398 cm³/mol. The maximum absolute atomic E-state index is 13.6. The fourth-order valence-corrected chi connectivity index (χ4v) is 16.6. The molecule has 0 spiro atoms. The zero-order valence-corrected chi connectivity index (χ0v) is 59.4. The lowest BCUT2D eigenvalue weighted by atomic mass is 9.70. The molecule has 6 aromatic carbocycles. The molecule has 2 atom stereocenters. The van der Waals surface area contributed by atoms with E-state index >= 15 is 0 Å². The van der Waals surface area contributed by atoms with Crippen LogP contribution in [0.15, 0.2) is 132 Å². The van der Waals surface area contributed by atoms with Gasteiger partial charge >= 0.3 is 11.9 Å². The highest BCUT2D eigenvalue weighted by Crippen LogP contribution is 2.54. The second kappa shape index (κ2) is 34.0. The number of hydrogen-bond donors (Lipinski definition) is 0. The van der Waals surface area contributed by atoms with Gasteiger partial charge in [0.2, 0.25) is 5.36 Å². The first-order chi connectivity index (χ1) is 46.4. The van der Waals surface area contributed by atoms with E-state index in [0.29, 0.717) is 30.9 Å². The van der Waals surface area contributed by atoms with Crippen molar-refractivity contribution < 1.29 is 23.8 Å². The van der Waals surface area contributed by atoms with Gasteiger partial charge in [-0.2, -0.15) is 0 Å². The molecule has 0 aromatic heterocycles. The van der Waals surface area contributed by atoms with Crippen LogP contribution in [0.1, 0.15) is 279 Å². The maximum atomic E-state index is 13.6. The van der Waals surface area contributed by atoms with E-state index in [0.717, 1.165) is 66.8 Å². The average Bonchev–Trinajstić information content (AvgIpc) is 1.62. The number of nitrogens with zero attached hydrogens (tertiary/aromatic N) is 2. The van der Waals surface area contributed by atoms with Crippen molar-refractivity contribution in [3.63, 3.8) is 0 Å². The standard InChI is InChI=1S/C88H115N2O5/c1-7-9-11-13-15-17-19-21-23-25-27-29-31-33-35-41-55-93-85(91)66-49-47-65(48-50-66)62-89-63-87(3,4)79-81(89)75-59-70-45-39-37-43-68(70)57-73(75)77-61-78-74-58-69-44-38-40-46-71(69)60-76(74)82-80(84(78)95-83(77)79)88(5,6)64-90(82)72-53-51-67(52-54-72)86(92)94-56-42-36-34-32-30-28-26-24-22-20-18-16-14-12-10-8-2/h37-40,43-54,57-61,76,82H,7-36,41-42,55-56,62-64H2,1-6H3/q+1. The van der Waals surface area contributed by atoms with E-state index in [1.165, 1.54) is 239 Å². The van der Waals surface area contributed by atoms with Crippen molar-refractivity contribution in [3.8, 4) is 5.75 Å². The van der Waals surface area contributed by atoms with Crippen LogP contribution in [0.5, 0.6) is 5.75 Å². The minimum Gasteiger partial charge on any atom is -0.462 e. The van der Waals surface area contributed by atoms with E-state index in [4.69, 9.17) is 14.2 Å². The van der Waals surface area contributed by atoms with Gasteiger partial charge in [-0.05, 0) is 120 Å². The van der Waals surface area contributed by atoms with E-state index in [1.54, 1.807) is 0 Å². The van der Waals surface area contributed by atoms with Crippen molar-refractivity contribution in [1.29, 1.82) is 0 Å². The van der Waals surface area contributed by atoms with Crippen LogP contribution >= 0.6 is 0 Å². The van der Waals surface area contributed by atoms with E-state index in [-0.39, 0.29) is 34.7 Å². The molecule has 3 aliphatic heterocycles. The minimum atomic E-state index is -0.272. The van der Waals surface area contributed by atoms with Crippen molar-refractivity contribution in [2.45, 2.75) is 265 Å². The van der Waals surface area contributed by atoms with Gasteiger partial charge in [0.1, 0.15) is 11.5 Å². The van der Waals surface area contributed by atoms with Crippen molar-refractivity contribution in [3.05, 3.63) is 175 Å². The van der Waals surface area contributed by atoms with Gasteiger partial charge in [-0.15, -0.1) is 0 Å². The van der Waals surface area contributed by atoms with Crippen molar-refractivity contribution in [2.24, 2.45) is 11.3 Å². The molecule has 7 heteroatoms. The topological polar surface area (TPSA) is 68.1 Å². The smallest absolute Gasteiger partial charge is 0.338 e. The number of rotatable bonds is 39. The van der Waals surface area contributed by atoms with Crippen LogP contribution in [-0.4, -0.2) is 44.3 Å². The number of allylic oxidation sites excluding steroid dienone is 1. The SMILES string of the molecule is CCCCCCCCCCCCCCCCCCOC(=O)c1ccc(C[N+]2=c3c(c4c(c5cc6ccccc6cc35)=CC3=C5C=c6ccccc6=CC5C5C(=C3O4)C(C)(C)CN5c3ccc(C(=O)OCCCCCCCCCCCCCCCCCC)cc3)C(C)(C)C2)cc1. The van der Waals surface area contributed by atoms with Crippen molar-refractivity contribution in [1.82, 2.24) is 4.58 Å². The molecule has 5 aliphatic rings. The lowest BCUT2D eigenvalue weighted by molar-refractivity contribution is 0.0488. The number of fused-ring (bicyclic) bond motifs is 12. The van der Waals surface area contributed by atoms with Gasteiger partial charge in [-0.3, -0.25) is 0 Å². The molecule has 7 nitrogen and oxygen atoms in total. The summed E-state index contributed by atoms with van der Waals surface area (Å²) in [5.74, 6) is 1.51. The Morgan fingerprint density at radius 1 is 0.516 bits per heavy atom. The maximum Gasteiger partial charge on any atom is 0.338 e. The van der Waals surface area contributed by atoms with Crippen LogP contribution < -0.4 is 35.2 Å². The van der Waals surface area contributed by atoms with E-state index in [2.05, 4.69) is 154 Å². The second-order valence-corrected chi connectivity index (χ2v) is 30.4. The van der Waals surface area contributed by atoms with Crippen molar-refractivity contribution in [2.75, 3.05) is 31.2 Å². The van der Waals surface area contributed by atoms with Gasteiger partial charge in [0.05, 0.1) is 46.7 Å². The number of esters is 2. The fraction of sp³-hybridized carbons (Fsp3) is 0.534. The Bertz CT molecular complexity index is 3900. The number of hydrogen-bond acceptors (Lipinski definition) is 6. The quantitative estimate of drug-likeness (QED) is 0.0166. The van der Waals surface area contributed by atoms with Gasteiger partial charge in [0.15, 0.2) is 13.1 Å². The molecule has 3 heterocycles. The molecule has 0 amide bonds. The Morgan fingerprint density at radius 2 is 0.968 bits per heavy atom. The molecule has 2 unspecified atom stereocenters. The van der Waals surface area contributed by atoms with Gasteiger partial charge < -0.3 is 19.1 Å². The summed E-state index contributed by atoms with van der Waals surface area (Å²) in [6.45, 7) is 17.3. The molecule has 6 aromatic rings. The lowest BCUT2D eigenvalue weighted by Gasteiger charge is -2.40. The van der Waals surface area contributed by atoms with E-state index in [1.807, 2.05) is 24.3 Å². The third-order valence-corrected chi connectivity index (χ3v) is 21.8. The number of unbranched alkanes of at least 4 members (excludes halogenated alkanes) is 30. The molecule has 0 radical (unpaired) electrons. The molecular weight excluding hydrogens is 1160 g/mol. The normalized spacial score (nSPS) is 17.1. The van der Waals surface area contributed by atoms with Crippen LogP contribution in [0.3, 0.4) is 0 Å². The van der Waals surface area contributed by atoms with Crippen LogP contribution in [0.2, 0.25) is 0 Å². The third-order valence-electron chi connectivity index (χ3n) is 21.8. The Labute approximate surface area is 570 Å². The summed E-state index contributed by atoms with van der Waals surface area (Å²) in [6, 6.07) is 38.7. The molecule has 0 N–H and O–H groups in total. The Hall–Kier alpha value is -6.73. The average molecular weight is 1280 g/mol. The van der Waals surface area contributed by atoms with Gasteiger partial charge in [-0.1, -0.05) is 287 Å². The molecule has 0 bridgehead atoms. The highest BCUT2D eigenvalue weighted by atomic mass is 16.5. The molecule has 1 saturated heterocycles. The number of anilines is 1. The summed E-state index contributed by atoms with van der Waals surface area (Å²) in [5.41, 5.74) is 7.91. The summed E-state index contributed by atoms with van der Waals surface area (Å²) in [7, 11) is 0. The summed E-state index contributed by atoms with van der Waals surface area (Å²) >= 11 is 0. The number of ether oxygens (including phenoxy) is 3. The second-order valence-electron chi connectivity index (χ2n) is 30.4. The summed E-state index contributed by atoms with van der Waals surface area (Å²) < 4.78 is 22.2. The van der Waals surface area contributed by atoms with Gasteiger partial charge in [0.25, 0.3) is 0 Å². The third kappa shape index (κ3) is 17.3. The largest absolute Gasteiger partial charge is 0.462 e. The monoisotopic (exact) mass is 1280 g/mol. The molecule has 0 saturated carbocycles.